The molecule has 0 amide bonds. The van der Waals surface area contributed by atoms with E-state index in [-0.39, 0.29) is 22.0 Å². The molecule has 9 nitrogen and oxygen atoms in total. The molecule has 0 bridgehead atoms. The summed E-state index contributed by atoms with van der Waals surface area (Å²) in [4.78, 5) is 25.2. The van der Waals surface area contributed by atoms with Crippen molar-refractivity contribution in [1.29, 1.82) is 0 Å². The Morgan fingerprint density at radius 2 is 1.73 bits per heavy atom. The SMILES string of the molecule is CCCCN1c2ccc(C(=NO)c3ccc([N+](=O)[O-])cc3)cc2Sc2c1cccc2[N+](=O)[O-]. The summed E-state index contributed by atoms with van der Waals surface area (Å²) >= 11 is 1.31. The Morgan fingerprint density at radius 1 is 1.00 bits per heavy atom. The number of nitro benzene ring substituents is 2. The lowest BCUT2D eigenvalue weighted by molar-refractivity contribution is -0.387. The van der Waals surface area contributed by atoms with Crippen LogP contribution in [-0.4, -0.2) is 27.3 Å². The normalized spacial score (nSPS) is 12.8. The van der Waals surface area contributed by atoms with Gasteiger partial charge in [-0.25, -0.2) is 0 Å². The number of hydrogen-bond donors (Lipinski definition) is 1. The van der Waals surface area contributed by atoms with Gasteiger partial charge in [-0.2, -0.15) is 0 Å². The number of benzene rings is 3. The fraction of sp³-hybridized carbons (Fsp3) is 0.174. The molecular formula is C23H20N4O5S. The zero-order chi connectivity index (χ0) is 23.5. The van der Waals surface area contributed by atoms with E-state index < -0.39 is 4.92 Å². The zero-order valence-corrected chi connectivity index (χ0v) is 18.5. The van der Waals surface area contributed by atoms with Crippen molar-refractivity contribution in [3.05, 3.63) is 92.0 Å². The Bertz CT molecular complexity index is 1260. The van der Waals surface area contributed by atoms with Crippen LogP contribution in [-0.2, 0) is 0 Å². The highest BCUT2D eigenvalue weighted by atomic mass is 32.2. The predicted molar refractivity (Wildman–Crippen MR) is 126 cm³/mol. The lowest BCUT2D eigenvalue weighted by Crippen LogP contribution is -2.22. The van der Waals surface area contributed by atoms with Crippen LogP contribution in [0.25, 0.3) is 0 Å². The van der Waals surface area contributed by atoms with Gasteiger partial charge in [0.1, 0.15) is 10.6 Å². The van der Waals surface area contributed by atoms with Crippen molar-refractivity contribution < 1.29 is 15.1 Å². The van der Waals surface area contributed by atoms with Crippen molar-refractivity contribution >= 4 is 40.2 Å². The molecule has 3 aromatic carbocycles. The van der Waals surface area contributed by atoms with Crippen LogP contribution in [0.15, 0.2) is 75.6 Å². The first-order valence-electron chi connectivity index (χ1n) is 10.3. The van der Waals surface area contributed by atoms with Gasteiger partial charge in [0.25, 0.3) is 11.4 Å². The maximum absolute atomic E-state index is 11.7. The van der Waals surface area contributed by atoms with E-state index in [9.17, 15) is 25.4 Å². The van der Waals surface area contributed by atoms with Crippen LogP contribution < -0.4 is 4.90 Å². The average Bonchev–Trinajstić information content (AvgIpc) is 2.82. The number of fused-ring (bicyclic) bond motifs is 2. The summed E-state index contributed by atoms with van der Waals surface area (Å²) in [7, 11) is 0. The molecule has 33 heavy (non-hydrogen) atoms. The summed E-state index contributed by atoms with van der Waals surface area (Å²) < 4.78 is 0. The van der Waals surface area contributed by atoms with Gasteiger partial charge in [0.2, 0.25) is 0 Å². The van der Waals surface area contributed by atoms with E-state index in [1.54, 1.807) is 6.07 Å². The highest BCUT2D eigenvalue weighted by Crippen LogP contribution is 2.51. The molecule has 1 aliphatic rings. The van der Waals surface area contributed by atoms with Crippen molar-refractivity contribution in [2.45, 2.75) is 29.6 Å². The van der Waals surface area contributed by atoms with E-state index >= 15 is 0 Å². The smallest absolute Gasteiger partial charge is 0.285 e. The quantitative estimate of drug-likeness (QED) is 0.193. The second-order valence-corrected chi connectivity index (χ2v) is 8.48. The maximum Gasteiger partial charge on any atom is 0.285 e. The molecular weight excluding hydrogens is 444 g/mol. The van der Waals surface area contributed by atoms with Gasteiger partial charge in [0.15, 0.2) is 0 Å². The first-order chi connectivity index (χ1) is 15.9. The average molecular weight is 465 g/mol. The molecule has 1 aliphatic heterocycles. The minimum Gasteiger partial charge on any atom is -0.410 e. The number of hydrogen-bond acceptors (Lipinski definition) is 8. The number of non-ortho nitro benzene ring substituents is 1. The molecule has 1 heterocycles. The minimum atomic E-state index is -0.496. The van der Waals surface area contributed by atoms with Gasteiger partial charge in [0.05, 0.1) is 21.2 Å². The first-order valence-corrected chi connectivity index (χ1v) is 11.1. The van der Waals surface area contributed by atoms with Gasteiger partial charge in [-0.3, -0.25) is 20.2 Å². The Balaban J connectivity index is 1.78. The van der Waals surface area contributed by atoms with E-state index in [4.69, 9.17) is 0 Å². The molecule has 0 aromatic heterocycles. The fourth-order valence-electron chi connectivity index (χ4n) is 3.76. The number of nitro groups is 2. The Hall–Kier alpha value is -3.92. The van der Waals surface area contributed by atoms with Crippen molar-refractivity contribution in [1.82, 2.24) is 0 Å². The summed E-state index contributed by atoms with van der Waals surface area (Å²) in [6, 6.07) is 16.4. The van der Waals surface area contributed by atoms with Crippen molar-refractivity contribution in [2.75, 3.05) is 11.4 Å². The summed E-state index contributed by atoms with van der Waals surface area (Å²) in [5, 5.41) is 35.7. The molecule has 0 aliphatic carbocycles. The molecule has 0 atom stereocenters. The Labute approximate surface area is 193 Å². The lowest BCUT2D eigenvalue weighted by Gasteiger charge is -2.32. The highest BCUT2D eigenvalue weighted by molar-refractivity contribution is 8.00. The van der Waals surface area contributed by atoms with E-state index in [0.717, 1.165) is 29.1 Å². The maximum atomic E-state index is 11.7. The van der Waals surface area contributed by atoms with E-state index in [1.165, 1.54) is 42.1 Å². The van der Waals surface area contributed by atoms with E-state index in [0.29, 0.717) is 22.6 Å². The summed E-state index contributed by atoms with van der Waals surface area (Å²) in [6.07, 6.45) is 1.89. The third-order valence-corrected chi connectivity index (χ3v) is 6.55. The van der Waals surface area contributed by atoms with E-state index in [1.807, 2.05) is 24.3 Å². The zero-order valence-electron chi connectivity index (χ0n) is 17.7. The third-order valence-electron chi connectivity index (χ3n) is 5.38. The molecule has 3 aromatic rings. The number of rotatable bonds is 7. The molecule has 0 spiro atoms. The van der Waals surface area contributed by atoms with Gasteiger partial charge in [-0.1, -0.05) is 42.4 Å². The van der Waals surface area contributed by atoms with Crippen molar-refractivity contribution in [3.63, 3.8) is 0 Å². The Morgan fingerprint density at radius 3 is 2.36 bits per heavy atom. The summed E-state index contributed by atoms with van der Waals surface area (Å²) in [6.45, 7) is 2.80. The van der Waals surface area contributed by atoms with Crippen LogP contribution in [0.3, 0.4) is 0 Å². The van der Waals surface area contributed by atoms with Crippen LogP contribution >= 0.6 is 11.8 Å². The summed E-state index contributed by atoms with van der Waals surface area (Å²) in [5.41, 5.74) is 3.06. The molecule has 168 valence electrons. The molecule has 1 N–H and O–H groups in total. The van der Waals surface area contributed by atoms with Crippen LogP contribution in [0, 0.1) is 20.2 Å². The van der Waals surface area contributed by atoms with Crippen LogP contribution in [0.4, 0.5) is 22.7 Å². The van der Waals surface area contributed by atoms with Crippen molar-refractivity contribution in [3.8, 4) is 0 Å². The highest BCUT2D eigenvalue weighted by Gasteiger charge is 2.29. The first kappa shape index (κ1) is 22.3. The van der Waals surface area contributed by atoms with Gasteiger partial charge in [-0.15, -0.1) is 0 Å². The van der Waals surface area contributed by atoms with Crippen LogP contribution in [0.5, 0.6) is 0 Å². The standard InChI is InChI=1S/C23H20N4O5S/c1-2-3-13-25-18-12-9-16(22(24-28)15-7-10-17(11-8-15)26(29)30)14-21(18)33-23-19(25)5-4-6-20(23)27(31)32/h4-12,14,28H,2-3,13H2,1H3. The molecule has 0 fully saturated rings. The fourth-order valence-corrected chi connectivity index (χ4v) is 4.98. The number of anilines is 2. The molecule has 0 unspecified atom stereocenters. The number of nitrogens with zero attached hydrogens (tertiary/aromatic N) is 4. The molecule has 0 saturated carbocycles. The summed E-state index contributed by atoms with van der Waals surface area (Å²) in [5.74, 6) is 0. The topological polar surface area (TPSA) is 122 Å². The third kappa shape index (κ3) is 4.24. The predicted octanol–water partition coefficient (Wildman–Crippen LogP) is 6.13. The van der Waals surface area contributed by atoms with Crippen LogP contribution in [0.2, 0.25) is 0 Å². The molecule has 4 rings (SSSR count). The van der Waals surface area contributed by atoms with Gasteiger partial charge < -0.3 is 10.1 Å². The number of unbranched alkanes of at least 4 members (excludes halogenated alkanes) is 1. The number of oxime groups is 1. The monoisotopic (exact) mass is 464 g/mol. The molecule has 0 radical (unpaired) electrons. The van der Waals surface area contributed by atoms with Crippen molar-refractivity contribution in [2.24, 2.45) is 5.16 Å². The van der Waals surface area contributed by atoms with Gasteiger partial charge >= 0.3 is 0 Å². The second-order valence-electron chi connectivity index (χ2n) is 7.42. The largest absolute Gasteiger partial charge is 0.410 e. The van der Waals surface area contributed by atoms with Gasteiger partial charge in [0, 0.05) is 40.8 Å². The van der Waals surface area contributed by atoms with Gasteiger partial charge in [-0.05, 0) is 36.8 Å². The molecule has 0 saturated heterocycles. The minimum absolute atomic E-state index is 0.0430. The van der Waals surface area contributed by atoms with E-state index in [2.05, 4.69) is 17.0 Å². The Kier molecular flexibility index (Phi) is 6.27. The van der Waals surface area contributed by atoms with Crippen LogP contribution in [0.1, 0.15) is 30.9 Å². The molecule has 10 heteroatoms. The lowest BCUT2D eigenvalue weighted by atomic mass is 10.0. The second kappa shape index (κ2) is 9.29.